The first-order valence-corrected chi connectivity index (χ1v) is 8.40. The Hall–Kier alpha value is -0.720. The highest BCUT2D eigenvalue weighted by Crippen LogP contribution is 2.30. The number of nitrogens with one attached hydrogen (secondary N) is 1. The molecule has 0 amide bonds. The number of likely N-dealkylation sites (N-methyl/N-ethyl adjacent to an activating group) is 1. The van der Waals surface area contributed by atoms with E-state index in [9.17, 15) is 4.39 Å². The molecule has 0 bridgehead atoms. The molecule has 2 rings (SSSR count). The van der Waals surface area contributed by atoms with E-state index in [2.05, 4.69) is 49.2 Å². The summed E-state index contributed by atoms with van der Waals surface area (Å²) in [5.41, 5.74) is 3.00. The third-order valence-electron chi connectivity index (χ3n) is 3.53. The van der Waals surface area contributed by atoms with E-state index in [0.717, 1.165) is 38.9 Å². The second kappa shape index (κ2) is 7.03. The van der Waals surface area contributed by atoms with Gasteiger partial charge in [-0.05, 0) is 60.6 Å². The molecule has 0 saturated heterocycles. The third-order valence-corrected chi connectivity index (χ3v) is 5.29. The van der Waals surface area contributed by atoms with Crippen molar-refractivity contribution in [1.29, 1.82) is 0 Å². The molecule has 6 heteroatoms. The Morgan fingerprint density at radius 1 is 1.38 bits per heavy atom. The molecule has 1 aromatic heterocycles. The van der Waals surface area contributed by atoms with Crippen LogP contribution < -0.4 is 5.32 Å². The van der Waals surface area contributed by atoms with E-state index < -0.39 is 0 Å². The SMILES string of the molecule is CCn1nc(C)c(Br)c1CC(NC)c1cc(F)ccc1Br. The first-order valence-electron chi connectivity index (χ1n) is 6.81. The molecule has 3 nitrogen and oxygen atoms in total. The number of rotatable bonds is 5. The van der Waals surface area contributed by atoms with Crippen molar-refractivity contribution in [3.05, 3.63) is 49.9 Å². The van der Waals surface area contributed by atoms with E-state index >= 15 is 0 Å². The van der Waals surface area contributed by atoms with Gasteiger partial charge in [-0.3, -0.25) is 4.68 Å². The number of benzene rings is 1. The molecule has 21 heavy (non-hydrogen) atoms. The van der Waals surface area contributed by atoms with E-state index in [-0.39, 0.29) is 11.9 Å². The highest BCUT2D eigenvalue weighted by atomic mass is 79.9. The minimum Gasteiger partial charge on any atom is -0.313 e. The molecule has 114 valence electrons. The fourth-order valence-corrected chi connectivity index (χ4v) is 3.38. The average molecular weight is 419 g/mol. The topological polar surface area (TPSA) is 29.9 Å². The Kier molecular flexibility index (Phi) is 5.57. The normalized spacial score (nSPS) is 12.7. The van der Waals surface area contributed by atoms with Gasteiger partial charge in [0.2, 0.25) is 0 Å². The summed E-state index contributed by atoms with van der Waals surface area (Å²) >= 11 is 7.11. The minimum atomic E-state index is -0.229. The van der Waals surface area contributed by atoms with Crippen molar-refractivity contribution in [2.75, 3.05) is 7.05 Å². The zero-order valence-electron chi connectivity index (χ0n) is 12.3. The van der Waals surface area contributed by atoms with Crippen molar-refractivity contribution < 1.29 is 4.39 Å². The Bertz CT molecular complexity index is 640. The van der Waals surface area contributed by atoms with Crippen LogP contribution in [0.4, 0.5) is 4.39 Å². The van der Waals surface area contributed by atoms with Crippen LogP contribution in [-0.2, 0) is 13.0 Å². The maximum absolute atomic E-state index is 13.5. The van der Waals surface area contributed by atoms with Gasteiger partial charge in [-0.15, -0.1) is 0 Å². The van der Waals surface area contributed by atoms with Gasteiger partial charge >= 0.3 is 0 Å². The second-order valence-electron chi connectivity index (χ2n) is 4.87. The van der Waals surface area contributed by atoms with Gasteiger partial charge in [0.15, 0.2) is 0 Å². The van der Waals surface area contributed by atoms with E-state index in [1.54, 1.807) is 12.1 Å². The number of hydrogen-bond acceptors (Lipinski definition) is 2. The van der Waals surface area contributed by atoms with Crippen molar-refractivity contribution in [2.45, 2.75) is 32.9 Å². The minimum absolute atomic E-state index is 0.00720. The molecule has 0 fully saturated rings. The summed E-state index contributed by atoms with van der Waals surface area (Å²) in [4.78, 5) is 0. The molecule has 2 aromatic rings. The Morgan fingerprint density at radius 3 is 2.71 bits per heavy atom. The summed E-state index contributed by atoms with van der Waals surface area (Å²) in [5, 5.41) is 7.77. The zero-order valence-corrected chi connectivity index (χ0v) is 15.4. The Balaban J connectivity index is 2.38. The number of aromatic nitrogens is 2. The van der Waals surface area contributed by atoms with Gasteiger partial charge < -0.3 is 5.32 Å². The fraction of sp³-hybridized carbons (Fsp3) is 0.400. The molecule has 1 heterocycles. The summed E-state index contributed by atoms with van der Waals surface area (Å²) in [5.74, 6) is -0.229. The van der Waals surface area contributed by atoms with Crippen LogP contribution in [0.15, 0.2) is 27.1 Å². The molecule has 0 aliphatic rings. The highest BCUT2D eigenvalue weighted by Gasteiger charge is 2.20. The quantitative estimate of drug-likeness (QED) is 0.780. The van der Waals surface area contributed by atoms with Gasteiger partial charge in [0, 0.05) is 23.5 Å². The molecule has 0 spiro atoms. The van der Waals surface area contributed by atoms with Crippen LogP contribution in [0.1, 0.15) is 29.9 Å². The van der Waals surface area contributed by atoms with Crippen LogP contribution in [0, 0.1) is 12.7 Å². The molecule has 0 saturated carbocycles. The van der Waals surface area contributed by atoms with Crippen molar-refractivity contribution in [3.63, 3.8) is 0 Å². The van der Waals surface area contributed by atoms with Crippen LogP contribution >= 0.6 is 31.9 Å². The van der Waals surface area contributed by atoms with E-state index in [1.165, 1.54) is 6.07 Å². The lowest BCUT2D eigenvalue weighted by molar-refractivity contribution is 0.534. The zero-order chi connectivity index (χ0) is 15.6. The van der Waals surface area contributed by atoms with Crippen molar-refractivity contribution in [2.24, 2.45) is 0 Å². The third kappa shape index (κ3) is 3.55. The number of halogens is 3. The van der Waals surface area contributed by atoms with Gasteiger partial charge in [-0.1, -0.05) is 15.9 Å². The largest absolute Gasteiger partial charge is 0.313 e. The van der Waals surface area contributed by atoms with Crippen molar-refractivity contribution >= 4 is 31.9 Å². The Labute approximate surface area is 141 Å². The lowest BCUT2D eigenvalue weighted by Gasteiger charge is -2.19. The molecular weight excluding hydrogens is 401 g/mol. The predicted octanol–water partition coefficient (Wildman–Crippen LogP) is 4.38. The first-order chi connectivity index (χ1) is 9.97. The van der Waals surface area contributed by atoms with Gasteiger partial charge in [0.25, 0.3) is 0 Å². The summed E-state index contributed by atoms with van der Waals surface area (Å²) in [6.07, 6.45) is 0.730. The maximum atomic E-state index is 13.5. The van der Waals surface area contributed by atoms with Crippen LogP contribution in [0.5, 0.6) is 0 Å². The van der Waals surface area contributed by atoms with Crippen molar-refractivity contribution in [3.8, 4) is 0 Å². The summed E-state index contributed by atoms with van der Waals surface area (Å²) in [6, 6.07) is 4.77. The number of nitrogens with zero attached hydrogens (tertiary/aromatic N) is 2. The van der Waals surface area contributed by atoms with Crippen molar-refractivity contribution in [1.82, 2.24) is 15.1 Å². The molecule has 0 aliphatic heterocycles. The van der Waals surface area contributed by atoms with Crippen LogP contribution in [0.3, 0.4) is 0 Å². The smallest absolute Gasteiger partial charge is 0.123 e. The van der Waals surface area contributed by atoms with E-state index in [4.69, 9.17) is 0 Å². The molecule has 1 aromatic carbocycles. The molecule has 1 atom stereocenters. The lowest BCUT2D eigenvalue weighted by Crippen LogP contribution is -2.21. The first kappa shape index (κ1) is 16.6. The van der Waals surface area contributed by atoms with Gasteiger partial charge in [0.05, 0.1) is 15.9 Å². The van der Waals surface area contributed by atoms with E-state index in [1.807, 2.05) is 18.7 Å². The molecule has 0 radical (unpaired) electrons. The van der Waals surface area contributed by atoms with Gasteiger partial charge in [-0.2, -0.15) is 5.10 Å². The van der Waals surface area contributed by atoms with Crippen LogP contribution in [-0.4, -0.2) is 16.8 Å². The monoisotopic (exact) mass is 417 g/mol. The summed E-state index contributed by atoms with van der Waals surface area (Å²) in [7, 11) is 1.88. The second-order valence-corrected chi connectivity index (χ2v) is 6.52. The highest BCUT2D eigenvalue weighted by molar-refractivity contribution is 9.10. The Morgan fingerprint density at radius 2 is 2.10 bits per heavy atom. The van der Waals surface area contributed by atoms with Crippen LogP contribution in [0.2, 0.25) is 0 Å². The standard InChI is InChI=1S/C15H18Br2FN3/c1-4-21-14(15(17)9(2)20-21)8-13(19-3)11-7-10(18)5-6-12(11)16/h5-7,13,19H,4,8H2,1-3H3. The maximum Gasteiger partial charge on any atom is 0.123 e. The number of hydrogen-bond donors (Lipinski definition) is 1. The number of aryl methyl sites for hydroxylation is 2. The fourth-order valence-electron chi connectivity index (χ4n) is 2.41. The molecular formula is C15H18Br2FN3. The summed E-state index contributed by atoms with van der Waals surface area (Å²) in [6.45, 7) is 4.85. The summed E-state index contributed by atoms with van der Waals surface area (Å²) < 4.78 is 17.4. The predicted molar refractivity (Wildman–Crippen MR) is 89.9 cm³/mol. The molecule has 1 unspecified atom stereocenters. The molecule has 1 N–H and O–H groups in total. The van der Waals surface area contributed by atoms with Gasteiger partial charge in [0.1, 0.15) is 5.82 Å². The van der Waals surface area contributed by atoms with E-state index in [0.29, 0.717) is 0 Å². The van der Waals surface area contributed by atoms with Gasteiger partial charge in [-0.25, -0.2) is 4.39 Å². The van der Waals surface area contributed by atoms with Crippen LogP contribution in [0.25, 0.3) is 0 Å². The average Bonchev–Trinajstić information content (AvgIpc) is 2.74. The lowest BCUT2D eigenvalue weighted by atomic mass is 10.0. The molecule has 0 aliphatic carbocycles.